The van der Waals surface area contributed by atoms with E-state index in [0.29, 0.717) is 53.8 Å². The largest absolute Gasteiger partial charge is 0.488 e. The molecule has 0 bridgehead atoms. The first-order valence-corrected chi connectivity index (χ1v) is 10.6. The maximum atomic E-state index is 13.6. The molecule has 3 heterocycles. The van der Waals surface area contributed by atoms with Crippen molar-refractivity contribution in [2.75, 3.05) is 6.61 Å². The van der Waals surface area contributed by atoms with Crippen LogP contribution in [0.4, 0.5) is 4.39 Å². The van der Waals surface area contributed by atoms with Gasteiger partial charge in [0.15, 0.2) is 11.6 Å². The molecule has 3 aromatic rings. The predicted molar refractivity (Wildman–Crippen MR) is 115 cm³/mol. The summed E-state index contributed by atoms with van der Waals surface area (Å²) in [6, 6.07) is 5.12. The van der Waals surface area contributed by atoms with E-state index in [2.05, 4.69) is 25.3 Å². The van der Waals surface area contributed by atoms with Gasteiger partial charge in [0.1, 0.15) is 11.9 Å². The smallest absolute Gasteiger partial charge is 0.262 e. The van der Waals surface area contributed by atoms with E-state index in [4.69, 9.17) is 9.47 Å². The number of hydrogen-bond donors (Lipinski definition) is 1. The molecule has 0 aromatic carbocycles. The highest BCUT2D eigenvalue weighted by Crippen LogP contribution is 2.30. The molecule has 1 saturated carbocycles. The Morgan fingerprint density at radius 3 is 2.81 bits per heavy atom. The molecule has 1 aliphatic carbocycles. The Labute approximate surface area is 185 Å². The number of carbonyl (C=O) groups excluding carboxylic acids is 1. The summed E-state index contributed by atoms with van der Waals surface area (Å²) in [4.78, 5) is 29.4. The molecule has 3 aromatic heterocycles. The van der Waals surface area contributed by atoms with Crippen LogP contribution in [0.5, 0.6) is 17.4 Å². The van der Waals surface area contributed by atoms with E-state index in [-0.39, 0.29) is 11.9 Å². The van der Waals surface area contributed by atoms with Crippen molar-refractivity contribution in [2.24, 2.45) is 0 Å². The number of rotatable bonds is 7. The molecule has 9 heteroatoms. The third-order valence-electron chi connectivity index (χ3n) is 5.08. The van der Waals surface area contributed by atoms with E-state index in [1.54, 1.807) is 36.8 Å². The van der Waals surface area contributed by atoms with E-state index in [1.165, 1.54) is 12.4 Å². The van der Waals surface area contributed by atoms with Crippen LogP contribution in [0, 0.1) is 0 Å². The summed E-state index contributed by atoms with van der Waals surface area (Å²) in [6.07, 6.45) is 9.29. The van der Waals surface area contributed by atoms with Gasteiger partial charge in [0.25, 0.3) is 11.8 Å². The Balaban J connectivity index is 1.45. The van der Waals surface area contributed by atoms with Crippen LogP contribution in [-0.2, 0) is 0 Å². The van der Waals surface area contributed by atoms with Crippen LogP contribution in [0.2, 0.25) is 0 Å². The molecule has 1 amide bonds. The predicted octanol–water partition coefficient (Wildman–Crippen LogP) is 4.14. The van der Waals surface area contributed by atoms with Crippen molar-refractivity contribution < 1.29 is 18.7 Å². The molecule has 1 N–H and O–H groups in total. The lowest BCUT2D eigenvalue weighted by atomic mass is 9.94. The minimum atomic E-state index is -0.856. The Morgan fingerprint density at radius 2 is 2.03 bits per heavy atom. The maximum absolute atomic E-state index is 13.6. The molecular weight excluding hydrogens is 413 g/mol. The zero-order valence-corrected chi connectivity index (χ0v) is 17.7. The second kappa shape index (κ2) is 10.1. The highest BCUT2D eigenvalue weighted by Gasteiger charge is 2.23. The van der Waals surface area contributed by atoms with Crippen LogP contribution in [0.15, 0.2) is 49.2 Å². The molecule has 0 radical (unpaired) electrons. The zero-order chi connectivity index (χ0) is 22.3. The van der Waals surface area contributed by atoms with Crippen molar-refractivity contribution in [3.8, 4) is 28.8 Å². The number of nitrogens with zero attached hydrogens (tertiary/aromatic N) is 4. The first kappa shape index (κ1) is 21.6. The first-order valence-electron chi connectivity index (χ1n) is 10.6. The Hall–Kier alpha value is -3.62. The summed E-state index contributed by atoms with van der Waals surface area (Å²) in [7, 11) is 0. The second-order valence-corrected chi connectivity index (χ2v) is 7.48. The van der Waals surface area contributed by atoms with Crippen molar-refractivity contribution in [1.29, 1.82) is 0 Å². The van der Waals surface area contributed by atoms with Gasteiger partial charge in [-0.15, -0.1) is 0 Å². The fraction of sp³-hybridized carbons (Fsp3) is 0.348. The topological polar surface area (TPSA) is 99.1 Å². The molecule has 2 atom stereocenters. The normalized spacial score (nSPS) is 18.1. The van der Waals surface area contributed by atoms with Gasteiger partial charge in [-0.25, -0.2) is 19.3 Å². The van der Waals surface area contributed by atoms with E-state index in [0.717, 1.165) is 12.8 Å². The van der Waals surface area contributed by atoms with Gasteiger partial charge >= 0.3 is 0 Å². The van der Waals surface area contributed by atoms with Crippen molar-refractivity contribution >= 4 is 5.91 Å². The van der Waals surface area contributed by atoms with E-state index in [9.17, 15) is 9.18 Å². The van der Waals surface area contributed by atoms with Gasteiger partial charge in [-0.2, -0.15) is 0 Å². The molecule has 32 heavy (non-hydrogen) atoms. The summed E-state index contributed by atoms with van der Waals surface area (Å²) < 4.78 is 24.9. The Kier molecular flexibility index (Phi) is 6.84. The van der Waals surface area contributed by atoms with Gasteiger partial charge in [0.2, 0.25) is 0 Å². The summed E-state index contributed by atoms with van der Waals surface area (Å²) in [5.41, 5.74) is 0.945. The number of ether oxygens (including phenoxy) is 2. The van der Waals surface area contributed by atoms with Crippen LogP contribution in [-0.4, -0.2) is 44.7 Å². The minimum Gasteiger partial charge on any atom is -0.488 e. The summed E-state index contributed by atoms with van der Waals surface area (Å²) in [5, 5.41) is 2.87. The Morgan fingerprint density at radius 1 is 1.19 bits per heavy atom. The summed E-state index contributed by atoms with van der Waals surface area (Å²) >= 11 is 0. The number of halogens is 1. The standard InChI is InChI=1S/C23H24FN5O3/c1-2-31-20-7-4-8-26-23(20)32-19-9-15(11-25-14-19)21-27-12-16(13-28-21)22(30)29-18-6-3-5-17(24)10-18/h4,7-9,11-14,17-18H,2-3,5-6,10H2,1H3,(H,29,30)/t17-,18-/m0/s1. The molecule has 4 rings (SSSR count). The minimum absolute atomic E-state index is 0.155. The van der Waals surface area contributed by atoms with Gasteiger partial charge in [0, 0.05) is 36.4 Å². The number of carbonyl (C=O) groups is 1. The average molecular weight is 437 g/mol. The average Bonchev–Trinajstić information content (AvgIpc) is 2.81. The van der Waals surface area contributed by atoms with Gasteiger partial charge in [-0.3, -0.25) is 9.78 Å². The van der Waals surface area contributed by atoms with E-state index >= 15 is 0 Å². The van der Waals surface area contributed by atoms with Crippen LogP contribution in [0.25, 0.3) is 11.4 Å². The Bertz CT molecular complexity index is 1060. The number of pyridine rings is 2. The quantitative estimate of drug-likeness (QED) is 0.593. The highest BCUT2D eigenvalue weighted by molar-refractivity contribution is 5.93. The summed E-state index contributed by atoms with van der Waals surface area (Å²) in [5.74, 6) is 1.41. The van der Waals surface area contributed by atoms with Gasteiger partial charge in [0.05, 0.1) is 18.4 Å². The third-order valence-corrected chi connectivity index (χ3v) is 5.08. The number of amides is 1. The fourth-order valence-corrected chi connectivity index (χ4v) is 3.55. The van der Waals surface area contributed by atoms with Crippen molar-refractivity contribution in [1.82, 2.24) is 25.3 Å². The maximum Gasteiger partial charge on any atom is 0.262 e. The second-order valence-electron chi connectivity index (χ2n) is 7.48. The monoisotopic (exact) mass is 437 g/mol. The molecule has 1 fully saturated rings. The molecule has 0 saturated heterocycles. The van der Waals surface area contributed by atoms with Crippen LogP contribution >= 0.6 is 0 Å². The molecule has 1 aliphatic rings. The van der Waals surface area contributed by atoms with Gasteiger partial charge < -0.3 is 14.8 Å². The van der Waals surface area contributed by atoms with E-state index < -0.39 is 6.17 Å². The highest BCUT2D eigenvalue weighted by atomic mass is 19.1. The van der Waals surface area contributed by atoms with Crippen molar-refractivity contribution in [2.45, 2.75) is 44.8 Å². The van der Waals surface area contributed by atoms with Crippen molar-refractivity contribution in [3.05, 3.63) is 54.7 Å². The lowest BCUT2D eigenvalue weighted by Crippen LogP contribution is -2.39. The zero-order valence-electron chi connectivity index (χ0n) is 17.7. The van der Waals surface area contributed by atoms with Crippen LogP contribution < -0.4 is 14.8 Å². The molecular formula is C23H24FN5O3. The fourth-order valence-electron chi connectivity index (χ4n) is 3.55. The molecule has 0 unspecified atom stereocenters. The number of alkyl halides is 1. The van der Waals surface area contributed by atoms with Gasteiger partial charge in [-0.05, 0) is 50.8 Å². The lowest BCUT2D eigenvalue weighted by Gasteiger charge is -2.25. The van der Waals surface area contributed by atoms with Crippen LogP contribution in [0.3, 0.4) is 0 Å². The lowest BCUT2D eigenvalue weighted by molar-refractivity contribution is 0.0912. The van der Waals surface area contributed by atoms with Crippen LogP contribution in [0.1, 0.15) is 43.0 Å². The first-order chi connectivity index (χ1) is 15.6. The molecule has 8 nitrogen and oxygen atoms in total. The molecule has 0 spiro atoms. The number of aromatic nitrogens is 4. The molecule has 166 valence electrons. The van der Waals surface area contributed by atoms with Crippen molar-refractivity contribution in [3.63, 3.8) is 0 Å². The van der Waals surface area contributed by atoms with E-state index in [1.807, 2.05) is 6.92 Å². The number of nitrogens with one attached hydrogen (secondary N) is 1. The summed E-state index contributed by atoms with van der Waals surface area (Å²) in [6.45, 7) is 2.37. The molecule has 0 aliphatic heterocycles. The number of hydrogen-bond acceptors (Lipinski definition) is 7. The third kappa shape index (κ3) is 5.35. The van der Waals surface area contributed by atoms with Gasteiger partial charge in [-0.1, -0.05) is 0 Å². The SMILES string of the molecule is CCOc1cccnc1Oc1cncc(-c2ncc(C(=O)N[C@H]3CCC[C@H](F)C3)cn2)c1.